The number of hydrogen-bond acceptors (Lipinski definition) is 19. The van der Waals surface area contributed by atoms with Gasteiger partial charge in [-0.25, -0.2) is 0 Å². The van der Waals surface area contributed by atoms with E-state index >= 15 is 0 Å². The zero-order valence-electron chi connectivity index (χ0n) is 34.4. The fraction of sp³-hybridized carbons (Fsp3) is 0.0244. The van der Waals surface area contributed by atoms with E-state index in [1.165, 1.54) is 36.4 Å². The molecule has 10 N–H and O–H groups in total. The first kappa shape index (κ1) is 48.2. The standard InChI is InChI=1S/C41H33N9O14S4/c1-22-4-2-3-5-30(22)44-33-21-28(51)13-17-31(33)48-45-25-8-6-24(7-9-25)43-32-16-12-27(20-34(32)66(56,57)58)47-49-39-35(67(59,60)61)18-23-19-36(68(62,63)64)40(41(52)37(23)38(39)42)50-46-26-10-14-29(15-11-26)65(53,54)55/h2-21,43-44,51-52H,42H2,1H3,(H,53,54,55)(H,56,57,58)(H,59,60,61)(H,62,63,64). The Kier molecular flexibility index (Phi) is 13.1. The minimum absolute atomic E-state index is 0.00507. The number of nitrogens with zero attached hydrogens (tertiary/aromatic N) is 6. The molecule has 0 fully saturated rings. The van der Waals surface area contributed by atoms with Crippen molar-refractivity contribution in [3.05, 3.63) is 127 Å². The van der Waals surface area contributed by atoms with E-state index in [-0.39, 0.29) is 22.8 Å². The highest BCUT2D eigenvalue weighted by Gasteiger charge is 2.28. The number of aromatic hydroxyl groups is 2. The van der Waals surface area contributed by atoms with Crippen LogP contribution >= 0.6 is 0 Å². The number of nitrogen functional groups attached to an aromatic ring is 1. The molecule has 0 aliphatic carbocycles. The van der Waals surface area contributed by atoms with E-state index in [0.717, 1.165) is 41.6 Å². The highest BCUT2D eigenvalue weighted by molar-refractivity contribution is 7.86. The molecule has 7 aromatic carbocycles. The van der Waals surface area contributed by atoms with E-state index < -0.39 is 93.6 Å². The van der Waals surface area contributed by atoms with Gasteiger partial charge < -0.3 is 26.6 Å². The molecule has 23 nitrogen and oxygen atoms in total. The Morgan fingerprint density at radius 2 is 1.03 bits per heavy atom. The topological polar surface area (TPSA) is 382 Å². The number of azo groups is 3. The Balaban J connectivity index is 1.19. The maximum Gasteiger partial charge on any atom is 0.296 e. The van der Waals surface area contributed by atoms with Gasteiger partial charge >= 0.3 is 0 Å². The number of benzene rings is 7. The maximum absolute atomic E-state index is 12.6. The highest BCUT2D eigenvalue weighted by Crippen LogP contribution is 2.48. The first-order valence-corrected chi connectivity index (χ1v) is 24.7. The van der Waals surface area contributed by atoms with Crippen molar-refractivity contribution in [2.45, 2.75) is 26.5 Å². The van der Waals surface area contributed by atoms with Gasteiger partial charge in [0.15, 0.2) is 5.75 Å². The van der Waals surface area contributed by atoms with Crippen molar-refractivity contribution >= 4 is 114 Å². The average Bonchev–Trinajstić information content (AvgIpc) is 3.25. The monoisotopic (exact) mass is 1000 g/mol. The van der Waals surface area contributed by atoms with Gasteiger partial charge in [0.25, 0.3) is 40.5 Å². The van der Waals surface area contributed by atoms with Crippen LogP contribution in [0.15, 0.2) is 172 Å². The summed E-state index contributed by atoms with van der Waals surface area (Å²) in [5.74, 6) is -1.10. The molecular formula is C41H33N9O14S4. The second kappa shape index (κ2) is 18.5. The zero-order chi connectivity index (χ0) is 49.3. The van der Waals surface area contributed by atoms with Crippen LogP contribution in [0.5, 0.6) is 11.5 Å². The molecule has 0 heterocycles. The summed E-state index contributed by atoms with van der Waals surface area (Å²) in [6.07, 6.45) is 0. The molecule has 0 unspecified atom stereocenters. The number of phenolic OH excluding ortho intramolecular Hbond substituents is 2. The number of rotatable bonds is 14. The van der Waals surface area contributed by atoms with Gasteiger partial charge in [0.05, 0.1) is 44.4 Å². The minimum atomic E-state index is -5.29. The van der Waals surface area contributed by atoms with Crippen molar-refractivity contribution in [1.29, 1.82) is 0 Å². The molecule has 0 aliphatic rings. The second-order valence-corrected chi connectivity index (χ2v) is 19.9. The molecule has 0 spiro atoms. The molecule has 0 bridgehead atoms. The van der Waals surface area contributed by atoms with Gasteiger partial charge in [-0.1, -0.05) is 18.2 Å². The molecule has 0 saturated carbocycles. The Bertz CT molecular complexity index is 3720. The Hall–Kier alpha value is -7.76. The van der Waals surface area contributed by atoms with E-state index in [0.29, 0.717) is 34.9 Å². The van der Waals surface area contributed by atoms with Gasteiger partial charge in [-0.3, -0.25) is 18.2 Å². The summed E-state index contributed by atoms with van der Waals surface area (Å²) >= 11 is 0. The lowest BCUT2D eigenvalue weighted by Gasteiger charge is -2.14. The summed E-state index contributed by atoms with van der Waals surface area (Å²) in [6.45, 7) is 1.92. The van der Waals surface area contributed by atoms with E-state index in [1.807, 2.05) is 31.2 Å². The summed E-state index contributed by atoms with van der Waals surface area (Å²) in [5, 5.41) is 50.1. The van der Waals surface area contributed by atoms with Gasteiger partial charge in [-0.15, -0.1) is 15.3 Å². The lowest BCUT2D eigenvalue weighted by Crippen LogP contribution is -2.04. The fourth-order valence-electron chi connectivity index (χ4n) is 6.34. The number of anilines is 5. The van der Waals surface area contributed by atoms with Crippen LogP contribution in [0.1, 0.15) is 5.56 Å². The second-order valence-electron chi connectivity index (χ2n) is 14.3. The van der Waals surface area contributed by atoms with Crippen molar-refractivity contribution in [3.8, 4) is 11.5 Å². The fourth-order valence-corrected chi connectivity index (χ4v) is 8.82. The van der Waals surface area contributed by atoms with E-state index in [4.69, 9.17) is 5.73 Å². The van der Waals surface area contributed by atoms with Crippen molar-refractivity contribution in [3.63, 3.8) is 0 Å². The molecule has 0 atom stereocenters. The Morgan fingerprint density at radius 1 is 0.485 bits per heavy atom. The van der Waals surface area contributed by atoms with Gasteiger partial charge in [-0.2, -0.15) is 49.0 Å². The summed E-state index contributed by atoms with van der Waals surface area (Å²) in [7, 11) is -20.2. The van der Waals surface area contributed by atoms with Crippen molar-refractivity contribution in [1.82, 2.24) is 0 Å². The SMILES string of the molecule is Cc1ccccc1Nc1cc(O)ccc1N=Nc1ccc(Nc2ccc(N=Nc3c(S(=O)(=O)O)cc4cc(S(=O)(=O)O)c(N=Nc5ccc(S(=O)(=O)O)cc5)c(O)c4c3N)cc2S(=O)(=O)O)cc1. The molecule has 0 radical (unpaired) electrons. The van der Waals surface area contributed by atoms with Crippen LogP contribution in [-0.2, 0) is 40.5 Å². The lowest BCUT2D eigenvalue weighted by molar-refractivity contribution is 0.472. The van der Waals surface area contributed by atoms with Crippen LogP contribution in [0.2, 0.25) is 0 Å². The third-order valence-corrected chi connectivity index (χ3v) is 13.1. The summed E-state index contributed by atoms with van der Waals surface area (Å²) in [5.41, 5.74) is 6.43. The van der Waals surface area contributed by atoms with Crippen LogP contribution in [0.25, 0.3) is 10.8 Å². The molecule has 7 rings (SSSR count). The Morgan fingerprint density at radius 3 is 1.63 bits per heavy atom. The lowest BCUT2D eigenvalue weighted by atomic mass is 10.1. The smallest absolute Gasteiger partial charge is 0.296 e. The molecule has 7 aromatic rings. The average molecular weight is 1000 g/mol. The quantitative estimate of drug-likeness (QED) is 0.0278. The molecule has 0 amide bonds. The van der Waals surface area contributed by atoms with Gasteiger partial charge in [-0.05, 0) is 115 Å². The Labute approximate surface area is 386 Å². The van der Waals surface area contributed by atoms with Crippen molar-refractivity contribution < 1.29 is 62.1 Å². The van der Waals surface area contributed by atoms with E-state index in [1.54, 1.807) is 18.2 Å². The molecule has 68 heavy (non-hydrogen) atoms. The van der Waals surface area contributed by atoms with Crippen LogP contribution in [0.4, 0.5) is 62.6 Å². The number of fused-ring (bicyclic) bond motifs is 1. The number of para-hydroxylation sites is 1. The first-order valence-electron chi connectivity index (χ1n) is 18.9. The van der Waals surface area contributed by atoms with E-state index in [9.17, 15) is 62.1 Å². The summed E-state index contributed by atoms with van der Waals surface area (Å²) in [4.78, 5) is -3.44. The van der Waals surface area contributed by atoms with E-state index in [2.05, 4.69) is 41.3 Å². The van der Waals surface area contributed by atoms with Gasteiger partial charge in [0, 0.05) is 17.4 Å². The number of aryl methyl sites for hydroxylation is 1. The third kappa shape index (κ3) is 10.9. The molecule has 27 heteroatoms. The molecule has 0 saturated heterocycles. The van der Waals surface area contributed by atoms with Crippen LogP contribution in [0.3, 0.4) is 0 Å². The number of nitrogens with one attached hydrogen (secondary N) is 2. The largest absolute Gasteiger partial charge is 0.508 e. The number of phenols is 2. The van der Waals surface area contributed by atoms with Crippen LogP contribution in [-0.4, -0.2) is 62.1 Å². The van der Waals surface area contributed by atoms with Crippen molar-refractivity contribution in [2.75, 3.05) is 16.4 Å². The minimum Gasteiger partial charge on any atom is -0.508 e. The summed E-state index contributed by atoms with van der Waals surface area (Å²) in [6, 6.07) is 26.7. The molecule has 350 valence electrons. The molecule has 0 aliphatic heterocycles. The predicted octanol–water partition coefficient (Wildman–Crippen LogP) is 9.86. The highest BCUT2D eigenvalue weighted by atomic mass is 32.2. The number of nitrogens with two attached hydrogens (primary N) is 1. The van der Waals surface area contributed by atoms with Crippen molar-refractivity contribution in [2.24, 2.45) is 30.7 Å². The first-order chi connectivity index (χ1) is 31.9. The normalized spacial score (nSPS) is 12.7. The van der Waals surface area contributed by atoms with Crippen LogP contribution < -0.4 is 16.4 Å². The maximum atomic E-state index is 12.6. The van der Waals surface area contributed by atoms with Gasteiger partial charge in [0.2, 0.25) is 0 Å². The predicted molar refractivity (Wildman–Crippen MR) is 247 cm³/mol. The summed E-state index contributed by atoms with van der Waals surface area (Å²) < 4.78 is 138. The van der Waals surface area contributed by atoms with Gasteiger partial charge in [0.1, 0.15) is 37.5 Å². The molecule has 0 aromatic heterocycles. The molecular weight excluding hydrogens is 971 g/mol. The zero-order valence-corrected chi connectivity index (χ0v) is 37.7. The number of hydrogen-bond donors (Lipinski definition) is 9. The third-order valence-electron chi connectivity index (χ3n) is 9.59. The van der Waals surface area contributed by atoms with Crippen LogP contribution in [0, 0.1) is 6.92 Å².